The largest absolute Gasteiger partial charge is 0.308 e. The number of aryl methyl sites for hydroxylation is 2. The Morgan fingerprint density at radius 3 is 2.70 bits per heavy atom. The van der Waals surface area contributed by atoms with Gasteiger partial charge in [0.2, 0.25) is 0 Å². The van der Waals surface area contributed by atoms with Gasteiger partial charge in [0.05, 0.1) is 17.5 Å². The number of nitrogens with zero attached hydrogens (tertiary/aromatic N) is 4. The molecule has 1 atom stereocenters. The Balaban J connectivity index is 2.24. The molecule has 0 bridgehead atoms. The molecule has 0 fully saturated rings. The molecule has 23 heavy (non-hydrogen) atoms. The van der Waals surface area contributed by atoms with E-state index in [4.69, 9.17) is 10.7 Å². The fourth-order valence-electron chi connectivity index (χ4n) is 2.16. The highest BCUT2D eigenvalue weighted by atomic mass is 32.2. The van der Waals surface area contributed by atoms with Crippen LogP contribution in [0.1, 0.15) is 18.3 Å². The van der Waals surface area contributed by atoms with Crippen molar-refractivity contribution in [3.63, 3.8) is 0 Å². The van der Waals surface area contributed by atoms with Crippen molar-refractivity contribution in [2.24, 2.45) is 5.92 Å². The minimum absolute atomic E-state index is 0.0645. The lowest BCUT2D eigenvalue weighted by Gasteiger charge is -2.11. The molecule has 0 amide bonds. The van der Waals surface area contributed by atoms with Crippen molar-refractivity contribution >= 4 is 23.3 Å². The number of hydrogen-bond donors (Lipinski definition) is 1. The summed E-state index contributed by atoms with van der Waals surface area (Å²) in [7, 11) is 0. The number of nitriles is 1. The van der Waals surface area contributed by atoms with Crippen molar-refractivity contribution in [3.05, 3.63) is 35.7 Å². The Labute approximate surface area is 139 Å². The smallest absolute Gasteiger partial charge is 0.196 e. The van der Waals surface area contributed by atoms with Crippen LogP contribution in [0.3, 0.4) is 0 Å². The number of para-hydroxylation sites is 1. The van der Waals surface area contributed by atoms with Crippen molar-refractivity contribution in [3.8, 4) is 11.8 Å². The maximum absolute atomic E-state index is 12.1. The molecule has 2 rings (SSSR count). The van der Waals surface area contributed by atoms with E-state index in [2.05, 4.69) is 10.2 Å². The van der Waals surface area contributed by atoms with Crippen LogP contribution in [0.25, 0.3) is 5.69 Å². The summed E-state index contributed by atoms with van der Waals surface area (Å²) in [6.07, 6.45) is 0. The van der Waals surface area contributed by atoms with E-state index < -0.39 is 5.92 Å². The van der Waals surface area contributed by atoms with Gasteiger partial charge in [-0.05, 0) is 32.4 Å². The predicted molar refractivity (Wildman–Crippen MR) is 89.1 cm³/mol. The zero-order valence-electron chi connectivity index (χ0n) is 13.2. The summed E-state index contributed by atoms with van der Waals surface area (Å²) >= 11 is 1.23. The first kappa shape index (κ1) is 16.9. The first-order valence-corrected chi connectivity index (χ1v) is 8.02. The van der Waals surface area contributed by atoms with E-state index >= 15 is 0 Å². The van der Waals surface area contributed by atoms with E-state index in [0.29, 0.717) is 5.16 Å². The molecule has 1 heterocycles. The third-order valence-corrected chi connectivity index (χ3v) is 4.33. The lowest BCUT2D eigenvalue weighted by molar-refractivity contribution is -0.117. The Hall–Kier alpha value is -2.46. The van der Waals surface area contributed by atoms with Crippen molar-refractivity contribution in [2.75, 3.05) is 5.75 Å². The van der Waals surface area contributed by atoms with E-state index in [0.717, 1.165) is 17.1 Å². The molecule has 7 heteroatoms. The van der Waals surface area contributed by atoms with E-state index in [1.54, 1.807) is 0 Å². The first-order chi connectivity index (χ1) is 11.0. The average Bonchev–Trinajstić information content (AvgIpc) is 2.87. The van der Waals surface area contributed by atoms with E-state index in [-0.39, 0.29) is 17.2 Å². The lowest BCUT2D eigenvalue weighted by Crippen LogP contribution is -2.21. The second kappa shape index (κ2) is 7.20. The van der Waals surface area contributed by atoms with Crippen LogP contribution in [0.4, 0.5) is 0 Å². The van der Waals surface area contributed by atoms with E-state index in [1.165, 1.54) is 18.7 Å². The Morgan fingerprint density at radius 1 is 1.39 bits per heavy atom. The van der Waals surface area contributed by atoms with E-state index in [9.17, 15) is 4.79 Å². The van der Waals surface area contributed by atoms with Gasteiger partial charge < -0.3 is 5.41 Å². The topological polar surface area (TPSA) is 95.4 Å². The highest BCUT2D eigenvalue weighted by molar-refractivity contribution is 7.99. The number of rotatable bonds is 6. The number of carbonyl (C=O) groups is 1. The average molecular weight is 327 g/mol. The van der Waals surface area contributed by atoms with Crippen LogP contribution in [0.15, 0.2) is 29.4 Å². The molecule has 0 aliphatic carbocycles. The van der Waals surface area contributed by atoms with Gasteiger partial charge in [0.15, 0.2) is 10.9 Å². The summed E-state index contributed by atoms with van der Waals surface area (Å²) in [6.45, 7) is 5.32. The van der Waals surface area contributed by atoms with Gasteiger partial charge >= 0.3 is 0 Å². The maximum Gasteiger partial charge on any atom is 0.196 e. The number of hydrogen-bond acceptors (Lipinski definition) is 6. The molecule has 118 valence electrons. The van der Waals surface area contributed by atoms with Crippen LogP contribution in [0.5, 0.6) is 0 Å². The second-order valence-electron chi connectivity index (χ2n) is 5.15. The fourth-order valence-corrected chi connectivity index (χ4v) is 3.05. The van der Waals surface area contributed by atoms with Gasteiger partial charge in [-0.15, -0.1) is 10.2 Å². The van der Waals surface area contributed by atoms with Crippen molar-refractivity contribution in [1.29, 1.82) is 10.7 Å². The first-order valence-electron chi connectivity index (χ1n) is 7.04. The molecule has 0 saturated heterocycles. The SMILES string of the molecule is CC(=N)[C@@H](C#N)C(=O)CSc1nnc(C)n1-c1ccccc1C. The van der Waals surface area contributed by atoms with Gasteiger partial charge in [-0.1, -0.05) is 30.0 Å². The Kier molecular flexibility index (Phi) is 5.29. The molecule has 1 N–H and O–H groups in total. The highest BCUT2D eigenvalue weighted by Crippen LogP contribution is 2.24. The molecule has 0 aliphatic rings. The molecule has 6 nitrogen and oxygen atoms in total. The summed E-state index contributed by atoms with van der Waals surface area (Å²) in [5, 5.41) is 25.3. The van der Waals surface area contributed by atoms with Crippen molar-refractivity contribution in [2.45, 2.75) is 25.9 Å². The number of thioether (sulfide) groups is 1. The van der Waals surface area contributed by atoms with Crippen molar-refractivity contribution < 1.29 is 4.79 Å². The summed E-state index contributed by atoms with van der Waals surface area (Å²) < 4.78 is 1.89. The Morgan fingerprint density at radius 2 is 2.09 bits per heavy atom. The lowest BCUT2D eigenvalue weighted by atomic mass is 10.0. The van der Waals surface area contributed by atoms with Gasteiger partial charge in [-0.25, -0.2) is 0 Å². The van der Waals surface area contributed by atoms with Gasteiger partial charge in [0.25, 0.3) is 0 Å². The zero-order valence-corrected chi connectivity index (χ0v) is 14.0. The van der Waals surface area contributed by atoms with Gasteiger partial charge in [-0.2, -0.15) is 5.26 Å². The number of benzene rings is 1. The summed E-state index contributed by atoms with van der Waals surface area (Å²) in [4.78, 5) is 12.1. The molecule has 0 aliphatic heterocycles. The normalized spacial score (nSPS) is 11.7. The standard InChI is InChI=1S/C16H17N5OS/c1-10-6-4-5-7-14(10)21-12(3)19-20-16(21)23-9-15(22)13(8-17)11(2)18/h4-7,13,18H,9H2,1-3H3/t13-/m1/s1. The van der Waals surface area contributed by atoms with Crippen LogP contribution in [0, 0.1) is 36.5 Å². The predicted octanol–water partition coefficient (Wildman–Crippen LogP) is 2.72. The van der Waals surface area contributed by atoms with Crippen LogP contribution in [0.2, 0.25) is 0 Å². The van der Waals surface area contributed by atoms with Crippen LogP contribution < -0.4 is 0 Å². The van der Waals surface area contributed by atoms with Crippen LogP contribution >= 0.6 is 11.8 Å². The summed E-state index contributed by atoms with van der Waals surface area (Å²) in [6, 6.07) is 9.73. The Bertz CT molecular complexity index is 790. The van der Waals surface area contributed by atoms with Crippen LogP contribution in [-0.2, 0) is 4.79 Å². The van der Waals surface area contributed by atoms with Crippen molar-refractivity contribution in [1.82, 2.24) is 14.8 Å². The minimum atomic E-state index is -0.988. The quantitative estimate of drug-likeness (QED) is 0.650. The van der Waals surface area contributed by atoms with Gasteiger partial charge in [0, 0.05) is 5.71 Å². The molecule has 1 aromatic heterocycles. The molecule has 0 spiro atoms. The number of carbonyl (C=O) groups excluding carboxylic acids is 1. The molecule has 0 saturated carbocycles. The minimum Gasteiger partial charge on any atom is -0.308 e. The monoisotopic (exact) mass is 327 g/mol. The van der Waals surface area contributed by atoms with E-state index in [1.807, 2.05) is 48.7 Å². The third kappa shape index (κ3) is 3.66. The number of nitrogens with one attached hydrogen (secondary N) is 1. The molecule has 2 aromatic rings. The zero-order chi connectivity index (χ0) is 17.0. The van der Waals surface area contributed by atoms with Gasteiger partial charge in [-0.3, -0.25) is 9.36 Å². The van der Waals surface area contributed by atoms with Crippen LogP contribution in [-0.4, -0.2) is 32.0 Å². The third-order valence-electron chi connectivity index (χ3n) is 3.38. The summed E-state index contributed by atoms with van der Waals surface area (Å²) in [5.41, 5.74) is 2.11. The molecule has 0 radical (unpaired) electrons. The second-order valence-corrected chi connectivity index (χ2v) is 6.09. The number of Topliss-reactive ketones (excluding diaryl/α,β-unsaturated/α-hetero) is 1. The molecular formula is C16H17N5OS. The molecule has 0 unspecified atom stereocenters. The number of aromatic nitrogens is 3. The summed E-state index contributed by atoms with van der Waals surface area (Å²) in [5.74, 6) is -0.465. The molecule has 1 aromatic carbocycles. The molecular weight excluding hydrogens is 310 g/mol. The fraction of sp³-hybridized carbons (Fsp3) is 0.312. The van der Waals surface area contributed by atoms with Gasteiger partial charge in [0.1, 0.15) is 11.7 Å². The number of ketones is 1. The highest BCUT2D eigenvalue weighted by Gasteiger charge is 2.22. The maximum atomic E-state index is 12.1.